The third-order valence-electron chi connectivity index (χ3n) is 2.23. The smallest absolute Gasteiger partial charge is 0.126 e. The van der Waals surface area contributed by atoms with Crippen molar-refractivity contribution in [2.75, 3.05) is 0 Å². The minimum Gasteiger partial charge on any atom is -0.490 e. The number of halogens is 1. The van der Waals surface area contributed by atoms with Gasteiger partial charge in [-0.1, -0.05) is 6.07 Å². The highest BCUT2D eigenvalue weighted by Crippen LogP contribution is 2.24. The van der Waals surface area contributed by atoms with Crippen LogP contribution in [0.1, 0.15) is 12.8 Å². The van der Waals surface area contributed by atoms with E-state index in [4.69, 9.17) is 10.5 Å². The Kier molecular flexibility index (Phi) is 2.19. The first-order valence-electron chi connectivity index (χ1n) is 4.42. The van der Waals surface area contributed by atoms with Gasteiger partial charge in [0.05, 0.1) is 0 Å². The monoisotopic (exact) mass is 181 g/mol. The van der Waals surface area contributed by atoms with Crippen LogP contribution in [0.15, 0.2) is 24.3 Å². The molecule has 70 valence electrons. The summed E-state index contributed by atoms with van der Waals surface area (Å²) in [6, 6.07) is 6.46. The largest absolute Gasteiger partial charge is 0.490 e. The Labute approximate surface area is 76.5 Å². The van der Waals surface area contributed by atoms with Gasteiger partial charge >= 0.3 is 0 Å². The van der Waals surface area contributed by atoms with Gasteiger partial charge in [-0.15, -0.1) is 0 Å². The van der Waals surface area contributed by atoms with Crippen LogP contribution in [0.2, 0.25) is 0 Å². The van der Waals surface area contributed by atoms with Gasteiger partial charge in [0, 0.05) is 12.1 Å². The van der Waals surface area contributed by atoms with Crippen LogP contribution in [0.5, 0.6) is 5.75 Å². The first kappa shape index (κ1) is 8.51. The van der Waals surface area contributed by atoms with Gasteiger partial charge in [0.15, 0.2) is 0 Å². The molecule has 2 nitrogen and oxygen atoms in total. The Balaban J connectivity index is 1.94. The molecular formula is C10H12FNO. The Hall–Kier alpha value is -1.09. The predicted molar refractivity (Wildman–Crippen MR) is 48.0 cm³/mol. The van der Waals surface area contributed by atoms with Gasteiger partial charge in [-0.3, -0.25) is 0 Å². The van der Waals surface area contributed by atoms with Gasteiger partial charge in [0.25, 0.3) is 0 Å². The lowest BCUT2D eigenvalue weighted by atomic mass is 9.90. The summed E-state index contributed by atoms with van der Waals surface area (Å²) in [5, 5.41) is 0. The molecule has 0 amide bonds. The molecule has 0 atom stereocenters. The summed E-state index contributed by atoms with van der Waals surface area (Å²) in [7, 11) is 0. The van der Waals surface area contributed by atoms with E-state index in [0.29, 0.717) is 5.75 Å². The van der Waals surface area contributed by atoms with Gasteiger partial charge in [0.1, 0.15) is 17.7 Å². The summed E-state index contributed by atoms with van der Waals surface area (Å²) in [5.74, 6) is 0.332. The Morgan fingerprint density at radius 1 is 1.38 bits per heavy atom. The van der Waals surface area contributed by atoms with E-state index in [1.165, 1.54) is 12.1 Å². The van der Waals surface area contributed by atoms with Crippen LogP contribution in [0.25, 0.3) is 0 Å². The molecule has 0 saturated heterocycles. The fourth-order valence-corrected chi connectivity index (χ4v) is 1.44. The molecule has 1 saturated carbocycles. The van der Waals surface area contributed by atoms with Gasteiger partial charge in [-0.2, -0.15) is 0 Å². The maximum Gasteiger partial charge on any atom is 0.126 e. The van der Waals surface area contributed by atoms with Crippen molar-refractivity contribution < 1.29 is 9.13 Å². The average molecular weight is 181 g/mol. The normalized spacial score (nSPS) is 26.6. The number of nitrogens with two attached hydrogens (primary N) is 1. The maximum atomic E-state index is 12.7. The van der Waals surface area contributed by atoms with Crippen LogP contribution in [-0.4, -0.2) is 12.1 Å². The van der Waals surface area contributed by atoms with E-state index >= 15 is 0 Å². The summed E-state index contributed by atoms with van der Waals surface area (Å²) >= 11 is 0. The van der Waals surface area contributed by atoms with Gasteiger partial charge in [-0.05, 0) is 25.0 Å². The van der Waals surface area contributed by atoms with E-state index in [0.717, 1.165) is 12.8 Å². The molecular weight excluding hydrogens is 169 g/mol. The second-order valence-corrected chi connectivity index (χ2v) is 3.43. The van der Waals surface area contributed by atoms with Crippen molar-refractivity contribution in [2.24, 2.45) is 5.73 Å². The molecule has 0 bridgehead atoms. The zero-order valence-electron chi connectivity index (χ0n) is 7.24. The molecule has 2 rings (SSSR count). The molecule has 1 aromatic carbocycles. The van der Waals surface area contributed by atoms with E-state index in [9.17, 15) is 4.39 Å². The standard InChI is InChI=1S/C10H12FNO/c11-7-2-1-3-9(4-7)13-10-5-8(12)6-10/h1-4,8,10H,5-6,12H2. The summed E-state index contributed by atoms with van der Waals surface area (Å²) in [4.78, 5) is 0. The summed E-state index contributed by atoms with van der Waals surface area (Å²) in [6.07, 6.45) is 1.92. The SMILES string of the molecule is NC1CC(Oc2cccc(F)c2)C1. The highest BCUT2D eigenvalue weighted by molar-refractivity contribution is 5.23. The van der Waals surface area contributed by atoms with Crippen molar-refractivity contribution in [1.82, 2.24) is 0 Å². The van der Waals surface area contributed by atoms with Crippen molar-refractivity contribution in [2.45, 2.75) is 25.0 Å². The lowest BCUT2D eigenvalue weighted by molar-refractivity contribution is 0.100. The van der Waals surface area contributed by atoms with E-state index in [2.05, 4.69) is 0 Å². The molecule has 1 aliphatic carbocycles. The van der Waals surface area contributed by atoms with Crippen LogP contribution < -0.4 is 10.5 Å². The topological polar surface area (TPSA) is 35.2 Å². The fourth-order valence-electron chi connectivity index (χ4n) is 1.44. The average Bonchev–Trinajstić information content (AvgIpc) is 2.01. The molecule has 0 spiro atoms. The Morgan fingerprint density at radius 2 is 2.15 bits per heavy atom. The minimum absolute atomic E-state index is 0.178. The van der Waals surface area contributed by atoms with Crippen LogP contribution in [0.3, 0.4) is 0 Å². The molecule has 0 radical (unpaired) electrons. The Morgan fingerprint density at radius 3 is 2.77 bits per heavy atom. The maximum absolute atomic E-state index is 12.7. The van der Waals surface area contributed by atoms with Crippen molar-refractivity contribution in [3.8, 4) is 5.75 Å². The number of hydrogen-bond acceptors (Lipinski definition) is 2. The Bertz CT molecular complexity index is 297. The molecule has 0 aromatic heterocycles. The summed E-state index contributed by atoms with van der Waals surface area (Å²) < 4.78 is 18.2. The first-order valence-corrected chi connectivity index (χ1v) is 4.42. The molecule has 0 heterocycles. The third kappa shape index (κ3) is 1.98. The van der Waals surface area contributed by atoms with E-state index in [1.807, 2.05) is 0 Å². The molecule has 13 heavy (non-hydrogen) atoms. The van der Waals surface area contributed by atoms with Crippen molar-refractivity contribution in [3.63, 3.8) is 0 Å². The van der Waals surface area contributed by atoms with Crippen LogP contribution >= 0.6 is 0 Å². The van der Waals surface area contributed by atoms with E-state index in [1.54, 1.807) is 12.1 Å². The third-order valence-corrected chi connectivity index (χ3v) is 2.23. The lowest BCUT2D eigenvalue weighted by Gasteiger charge is -2.32. The second kappa shape index (κ2) is 3.34. The predicted octanol–water partition coefficient (Wildman–Crippen LogP) is 1.69. The summed E-state index contributed by atoms with van der Waals surface area (Å²) in [5.41, 5.74) is 5.60. The first-order chi connectivity index (χ1) is 6.24. The highest BCUT2D eigenvalue weighted by Gasteiger charge is 2.27. The van der Waals surface area contributed by atoms with Crippen molar-refractivity contribution in [3.05, 3.63) is 30.1 Å². The molecule has 1 fully saturated rings. The molecule has 3 heteroatoms. The van der Waals surface area contributed by atoms with Crippen molar-refractivity contribution in [1.29, 1.82) is 0 Å². The molecule has 0 unspecified atom stereocenters. The van der Waals surface area contributed by atoms with Gasteiger partial charge < -0.3 is 10.5 Å². The number of hydrogen-bond donors (Lipinski definition) is 1. The zero-order valence-corrected chi connectivity index (χ0v) is 7.24. The summed E-state index contributed by atoms with van der Waals surface area (Å²) in [6.45, 7) is 0. The second-order valence-electron chi connectivity index (χ2n) is 3.43. The van der Waals surface area contributed by atoms with Crippen LogP contribution in [0, 0.1) is 5.82 Å². The highest BCUT2D eigenvalue weighted by atomic mass is 19.1. The van der Waals surface area contributed by atoms with Crippen LogP contribution in [0.4, 0.5) is 4.39 Å². The molecule has 2 N–H and O–H groups in total. The number of benzene rings is 1. The quantitative estimate of drug-likeness (QED) is 0.753. The van der Waals surface area contributed by atoms with Crippen molar-refractivity contribution >= 4 is 0 Å². The fraction of sp³-hybridized carbons (Fsp3) is 0.400. The van der Waals surface area contributed by atoms with Gasteiger partial charge in [0.2, 0.25) is 0 Å². The molecule has 1 aliphatic rings. The number of rotatable bonds is 2. The van der Waals surface area contributed by atoms with E-state index < -0.39 is 0 Å². The molecule has 1 aromatic rings. The van der Waals surface area contributed by atoms with E-state index in [-0.39, 0.29) is 18.0 Å². The lowest BCUT2D eigenvalue weighted by Crippen LogP contribution is -2.43. The van der Waals surface area contributed by atoms with Crippen LogP contribution in [-0.2, 0) is 0 Å². The minimum atomic E-state index is -0.263. The number of ether oxygens (including phenoxy) is 1. The van der Waals surface area contributed by atoms with Gasteiger partial charge in [-0.25, -0.2) is 4.39 Å². The molecule has 0 aliphatic heterocycles. The zero-order chi connectivity index (χ0) is 9.26.